The van der Waals surface area contributed by atoms with E-state index in [2.05, 4.69) is 25.8 Å². The van der Waals surface area contributed by atoms with E-state index in [1.54, 1.807) is 6.20 Å². The molecule has 0 aliphatic heterocycles. The summed E-state index contributed by atoms with van der Waals surface area (Å²) in [6, 6.07) is 2.01. The van der Waals surface area contributed by atoms with Gasteiger partial charge in [-0.1, -0.05) is 13.8 Å². The van der Waals surface area contributed by atoms with Gasteiger partial charge in [0.25, 0.3) is 0 Å². The fraction of sp³-hybridized carbons (Fsp3) is 0.500. The quantitative estimate of drug-likeness (QED) is 0.727. The van der Waals surface area contributed by atoms with Crippen LogP contribution in [0.1, 0.15) is 25.0 Å². The third kappa shape index (κ3) is 1.97. The number of anilines is 1. The summed E-state index contributed by atoms with van der Waals surface area (Å²) < 4.78 is 0. The topological polar surface area (TPSA) is 38.9 Å². The Hall–Kier alpha value is -1.05. The van der Waals surface area contributed by atoms with E-state index >= 15 is 0 Å². The maximum atomic E-state index is 5.76. The van der Waals surface area contributed by atoms with Crippen molar-refractivity contribution in [3.63, 3.8) is 0 Å². The highest BCUT2D eigenvalue weighted by molar-refractivity contribution is 5.43. The van der Waals surface area contributed by atoms with E-state index in [-0.39, 0.29) is 0 Å². The average Bonchev–Trinajstić information content (AvgIpc) is 1.97. The fourth-order valence-electron chi connectivity index (χ4n) is 1.28. The number of pyridine rings is 1. The van der Waals surface area contributed by atoms with Gasteiger partial charge in [0.15, 0.2) is 0 Å². The van der Waals surface area contributed by atoms with Crippen LogP contribution in [-0.4, -0.2) is 4.98 Å². The molecule has 2 heteroatoms. The maximum absolute atomic E-state index is 5.76. The number of rotatable bonds is 2. The molecule has 0 unspecified atom stereocenters. The summed E-state index contributed by atoms with van der Waals surface area (Å²) in [6.07, 6.45) is 2.78. The van der Waals surface area contributed by atoms with Crippen LogP contribution in [0.15, 0.2) is 12.3 Å². The first kappa shape index (κ1) is 9.04. The Bertz CT molecular complexity index is 246. The molecule has 1 aromatic rings. The summed E-state index contributed by atoms with van der Waals surface area (Å²) >= 11 is 0. The van der Waals surface area contributed by atoms with Gasteiger partial charge in [-0.3, -0.25) is 0 Å². The first-order chi connectivity index (χ1) is 5.61. The summed E-state index contributed by atoms with van der Waals surface area (Å²) in [6.45, 7) is 6.45. The van der Waals surface area contributed by atoms with Crippen molar-refractivity contribution < 1.29 is 0 Å². The smallest absolute Gasteiger partial charge is 0.126 e. The zero-order valence-electron chi connectivity index (χ0n) is 7.96. The van der Waals surface area contributed by atoms with Crippen molar-refractivity contribution >= 4 is 5.82 Å². The summed E-state index contributed by atoms with van der Waals surface area (Å²) in [5.74, 6) is 1.32. The van der Waals surface area contributed by atoms with E-state index in [9.17, 15) is 0 Å². The largest absolute Gasteiger partial charge is 0.383 e. The molecule has 0 atom stereocenters. The van der Waals surface area contributed by atoms with E-state index < -0.39 is 0 Å². The van der Waals surface area contributed by atoms with Gasteiger partial charge in [0, 0.05) is 6.20 Å². The van der Waals surface area contributed by atoms with Gasteiger partial charge in [0.2, 0.25) is 0 Å². The molecule has 0 spiro atoms. The SMILES string of the molecule is Cc1ccnc(N)c1CC(C)C. The normalized spacial score (nSPS) is 10.7. The zero-order chi connectivity index (χ0) is 9.14. The first-order valence-electron chi connectivity index (χ1n) is 4.31. The molecule has 1 heterocycles. The van der Waals surface area contributed by atoms with Crippen LogP contribution in [0.5, 0.6) is 0 Å². The number of aryl methyl sites for hydroxylation is 1. The highest BCUT2D eigenvalue weighted by atomic mass is 14.8. The lowest BCUT2D eigenvalue weighted by Crippen LogP contribution is -2.03. The molecular weight excluding hydrogens is 148 g/mol. The molecule has 0 saturated carbocycles. The van der Waals surface area contributed by atoms with Gasteiger partial charge < -0.3 is 5.73 Å². The van der Waals surface area contributed by atoms with Gasteiger partial charge in [-0.05, 0) is 36.5 Å². The van der Waals surface area contributed by atoms with Crippen LogP contribution in [0.4, 0.5) is 5.82 Å². The van der Waals surface area contributed by atoms with Crippen LogP contribution in [0, 0.1) is 12.8 Å². The first-order valence-corrected chi connectivity index (χ1v) is 4.31. The van der Waals surface area contributed by atoms with E-state index in [4.69, 9.17) is 5.73 Å². The second-order valence-electron chi connectivity index (χ2n) is 3.59. The minimum Gasteiger partial charge on any atom is -0.383 e. The number of nitrogens with zero attached hydrogens (tertiary/aromatic N) is 1. The predicted molar refractivity (Wildman–Crippen MR) is 51.9 cm³/mol. The van der Waals surface area contributed by atoms with E-state index in [0.717, 1.165) is 6.42 Å². The molecule has 2 N–H and O–H groups in total. The zero-order valence-corrected chi connectivity index (χ0v) is 7.96. The van der Waals surface area contributed by atoms with Gasteiger partial charge in [-0.2, -0.15) is 0 Å². The van der Waals surface area contributed by atoms with E-state index in [0.29, 0.717) is 11.7 Å². The molecule has 0 fully saturated rings. The van der Waals surface area contributed by atoms with Crippen LogP contribution in [-0.2, 0) is 6.42 Å². The van der Waals surface area contributed by atoms with Crippen molar-refractivity contribution in [1.29, 1.82) is 0 Å². The Morgan fingerprint density at radius 1 is 1.50 bits per heavy atom. The molecule has 66 valence electrons. The Morgan fingerprint density at radius 2 is 2.17 bits per heavy atom. The van der Waals surface area contributed by atoms with Crippen LogP contribution in [0.25, 0.3) is 0 Å². The Morgan fingerprint density at radius 3 is 2.67 bits per heavy atom. The third-order valence-corrected chi connectivity index (χ3v) is 1.94. The van der Waals surface area contributed by atoms with Crippen molar-refractivity contribution in [3.05, 3.63) is 23.4 Å². The number of hydrogen-bond acceptors (Lipinski definition) is 2. The van der Waals surface area contributed by atoms with Crippen molar-refractivity contribution in [3.8, 4) is 0 Å². The Balaban J connectivity index is 2.96. The monoisotopic (exact) mass is 164 g/mol. The van der Waals surface area contributed by atoms with Crippen molar-refractivity contribution in [2.45, 2.75) is 27.2 Å². The van der Waals surface area contributed by atoms with Crippen LogP contribution >= 0.6 is 0 Å². The summed E-state index contributed by atoms with van der Waals surface area (Å²) in [4.78, 5) is 4.07. The molecule has 0 aliphatic carbocycles. The number of aromatic nitrogens is 1. The summed E-state index contributed by atoms with van der Waals surface area (Å²) in [7, 11) is 0. The summed E-state index contributed by atoms with van der Waals surface area (Å²) in [5.41, 5.74) is 8.21. The van der Waals surface area contributed by atoms with Crippen molar-refractivity contribution in [2.75, 3.05) is 5.73 Å². The third-order valence-electron chi connectivity index (χ3n) is 1.94. The van der Waals surface area contributed by atoms with Gasteiger partial charge in [0.1, 0.15) is 5.82 Å². The lowest BCUT2D eigenvalue weighted by molar-refractivity contribution is 0.644. The molecule has 1 aromatic heterocycles. The Labute approximate surface area is 73.8 Å². The van der Waals surface area contributed by atoms with Crippen molar-refractivity contribution in [2.24, 2.45) is 5.92 Å². The van der Waals surface area contributed by atoms with Gasteiger partial charge in [-0.25, -0.2) is 4.98 Å². The molecular formula is C10H16N2. The minimum atomic E-state index is 0.634. The maximum Gasteiger partial charge on any atom is 0.126 e. The van der Waals surface area contributed by atoms with E-state index in [1.165, 1.54) is 11.1 Å². The Kier molecular flexibility index (Phi) is 2.69. The van der Waals surface area contributed by atoms with Gasteiger partial charge in [-0.15, -0.1) is 0 Å². The van der Waals surface area contributed by atoms with Gasteiger partial charge >= 0.3 is 0 Å². The fourth-order valence-corrected chi connectivity index (χ4v) is 1.28. The molecule has 0 saturated heterocycles. The molecule has 0 amide bonds. The lowest BCUT2D eigenvalue weighted by atomic mass is 10.00. The lowest BCUT2D eigenvalue weighted by Gasteiger charge is -2.09. The van der Waals surface area contributed by atoms with E-state index in [1.807, 2.05) is 6.07 Å². The van der Waals surface area contributed by atoms with Crippen LogP contribution in [0.3, 0.4) is 0 Å². The molecule has 0 radical (unpaired) electrons. The average molecular weight is 164 g/mol. The minimum absolute atomic E-state index is 0.634. The van der Waals surface area contributed by atoms with Crippen LogP contribution < -0.4 is 5.73 Å². The van der Waals surface area contributed by atoms with Gasteiger partial charge in [0.05, 0.1) is 0 Å². The number of hydrogen-bond donors (Lipinski definition) is 1. The molecule has 0 bridgehead atoms. The molecule has 1 rings (SSSR count). The molecule has 0 aromatic carbocycles. The molecule has 12 heavy (non-hydrogen) atoms. The highest BCUT2D eigenvalue weighted by Gasteiger charge is 2.05. The predicted octanol–water partition coefficient (Wildman–Crippen LogP) is 2.17. The number of nitrogens with two attached hydrogens (primary N) is 1. The second kappa shape index (κ2) is 3.57. The van der Waals surface area contributed by atoms with Crippen molar-refractivity contribution in [1.82, 2.24) is 4.98 Å². The molecule has 0 aliphatic rings. The number of nitrogen functional groups attached to an aromatic ring is 1. The van der Waals surface area contributed by atoms with Crippen LogP contribution in [0.2, 0.25) is 0 Å². The highest BCUT2D eigenvalue weighted by Crippen LogP contribution is 2.17. The summed E-state index contributed by atoms with van der Waals surface area (Å²) in [5, 5.41) is 0. The standard InChI is InChI=1S/C10H16N2/c1-7(2)6-9-8(3)4-5-12-10(9)11/h4-5,7H,6H2,1-3H3,(H2,11,12). The molecule has 2 nitrogen and oxygen atoms in total. The second-order valence-corrected chi connectivity index (χ2v) is 3.59.